The summed E-state index contributed by atoms with van der Waals surface area (Å²) < 4.78 is 30.3. The standard InChI is InChI=1S/C67H117N2O7P/c1-7-10-13-16-19-22-25-28-30-32-34-36-38-41-44-47-50-53-56-59-66(70)68-64(63-75-77(72,73)74-62-61-69(4,5)6)65(58-55-52-49-46-43-40-27-24-21-18-15-12-9-3)76-67(71)60-57-54-51-48-45-42-39-37-35-33-31-29-26-23-20-17-14-11-8-2/h10,13,19-20,22-23,28-31,34-37,41,44,55,58,64-65H,7-9,11-12,14-18,21,24-27,32-33,38-40,42-43,45-54,56-57,59-63H2,1-6H3,(H-,68,70,72,73)/b13-10-,22-19-,23-20-,30-28-,31-29-,36-34-,37-35-,44-41-,58-55+. The minimum atomic E-state index is -4.72. The van der Waals surface area contributed by atoms with Gasteiger partial charge in [0.25, 0.3) is 7.82 Å². The van der Waals surface area contributed by atoms with Crippen LogP contribution in [0, 0.1) is 0 Å². The number of esters is 1. The van der Waals surface area contributed by atoms with Crippen molar-refractivity contribution < 1.29 is 37.3 Å². The number of quaternary nitrogens is 1. The molecule has 0 aliphatic rings. The van der Waals surface area contributed by atoms with Crippen molar-refractivity contribution in [2.24, 2.45) is 0 Å². The molecule has 77 heavy (non-hydrogen) atoms. The molecule has 0 radical (unpaired) electrons. The average Bonchev–Trinajstić information content (AvgIpc) is 3.39. The summed E-state index contributed by atoms with van der Waals surface area (Å²) in [6.45, 7) is 6.66. The van der Waals surface area contributed by atoms with E-state index in [2.05, 4.69) is 123 Å². The number of hydrogen-bond donors (Lipinski definition) is 1. The van der Waals surface area contributed by atoms with Gasteiger partial charge >= 0.3 is 5.97 Å². The van der Waals surface area contributed by atoms with Crippen LogP contribution in [-0.2, 0) is 27.9 Å². The number of rotatable bonds is 55. The largest absolute Gasteiger partial charge is 0.756 e. The van der Waals surface area contributed by atoms with Gasteiger partial charge in [0.2, 0.25) is 5.91 Å². The van der Waals surface area contributed by atoms with Gasteiger partial charge in [0.15, 0.2) is 0 Å². The van der Waals surface area contributed by atoms with E-state index >= 15 is 0 Å². The van der Waals surface area contributed by atoms with Gasteiger partial charge in [0.1, 0.15) is 19.3 Å². The molecule has 0 bridgehead atoms. The first-order valence-corrected chi connectivity index (χ1v) is 32.7. The monoisotopic (exact) mass is 1090 g/mol. The summed E-state index contributed by atoms with van der Waals surface area (Å²) in [7, 11) is 1.14. The lowest BCUT2D eigenvalue weighted by atomic mass is 10.0. The zero-order valence-corrected chi connectivity index (χ0v) is 51.3. The summed E-state index contributed by atoms with van der Waals surface area (Å²) in [6, 6.07) is -0.919. The van der Waals surface area contributed by atoms with E-state index in [1.165, 1.54) is 83.5 Å². The molecule has 0 saturated heterocycles. The fourth-order valence-corrected chi connectivity index (χ4v) is 9.10. The van der Waals surface area contributed by atoms with Crippen molar-refractivity contribution in [3.8, 4) is 0 Å². The first-order chi connectivity index (χ1) is 37.4. The fourth-order valence-electron chi connectivity index (χ4n) is 8.38. The van der Waals surface area contributed by atoms with Crippen LogP contribution in [0.25, 0.3) is 0 Å². The van der Waals surface area contributed by atoms with E-state index in [-0.39, 0.29) is 31.3 Å². The number of nitrogens with one attached hydrogen (secondary N) is 1. The molecule has 0 fully saturated rings. The molecule has 0 spiro atoms. The highest BCUT2D eigenvalue weighted by Gasteiger charge is 2.27. The van der Waals surface area contributed by atoms with Crippen molar-refractivity contribution in [3.05, 3.63) is 109 Å². The van der Waals surface area contributed by atoms with Crippen LogP contribution in [0.5, 0.6) is 0 Å². The number of unbranched alkanes of at least 4 members (excludes halogenated alkanes) is 23. The van der Waals surface area contributed by atoms with Crippen LogP contribution in [-0.4, -0.2) is 69.4 Å². The van der Waals surface area contributed by atoms with Crippen LogP contribution >= 0.6 is 7.82 Å². The number of nitrogens with zero attached hydrogens (tertiary/aromatic N) is 1. The molecule has 9 nitrogen and oxygen atoms in total. The number of carbonyl (C=O) groups is 2. The first-order valence-electron chi connectivity index (χ1n) is 31.2. The summed E-state index contributed by atoms with van der Waals surface area (Å²) >= 11 is 0. The Morgan fingerprint density at radius 2 is 0.831 bits per heavy atom. The maximum atomic E-state index is 13.5. The van der Waals surface area contributed by atoms with E-state index < -0.39 is 26.6 Å². The number of phosphoric ester groups is 1. The quantitative estimate of drug-likeness (QED) is 0.0212. The number of ether oxygens (including phenoxy) is 1. The molecule has 1 amide bonds. The predicted octanol–water partition coefficient (Wildman–Crippen LogP) is 18.7. The normalized spacial score (nSPS) is 14.4. The lowest BCUT2D eigenvalue weighted by molar-refractivity contribution is -0.870. The van der Waals surface area contributed by atoms with Crippen molar-refractivity contribution in [2.45, 2.75) is 264 Å². The molecule has 0 aromatic heterocycles. The van der Waals surface area contributed by atoms with Gasteiger partial charge in [-0.3, -0.25) is 14.2 Å². The van der Waals surface area contributed by atoms with Gasteiger partial charge in [-0.2, -0.15) is 0 Å². The van der Waals surface area contributed by atoms with E-state index in [9.17, 15) is 19.0 Å². The van der Waals surface area contributed by atoms with Gasteiger partial charge in [-0.05, 0) is 115 Å². The summed E-state index contributed by atoms with van der Waals surface area (Å²) in [5.74, 6) is -0.598. The number of amides is 1. The van der Waals surface area contributed by atoms with E-state index in [1.807, 2.05) is 33.3 Å². The topological polar surface area (TPSA) is 114 Å². The van der Waals surface area contributed by atoms with E-state index in [4.69, 9.17) is 13.8 Å². The highest BCUT2D eigenvalue weighted by Crippen LogP contribution is 2.38. The molecule has 0 heterocycles. The van der Waals surface area contributed by atoms with E-state index in [0.717, 1.165) is 122 Å². The molecule has 3 atom stereocenters. The van der Waals surface area contributed by atoms with Gasteiger partial charge in [-0.15, -0.1) is 0 Å². The molecule has 0 rings (SSSR count). The Kier molecular flexibility index (Phi) is 53.5. The van der Waals surface area contributed by atoms with Crippen LogP contribution in [0.3, 0.4) is 0 Å². The summed E-state index contributed by atoms with van der Waals surface area (Å²) in [4.78, 5) is 40.0. The third-order valence-corrected chi connectivity index (χ3v) is 14.2. The number of hydrogen-bond acceptors (Lipinski definition) is 7. The Balaban J connectivity index is 5.39. The molecule has 0 aromatic rings. The van der Waals surface area contributed by atoms with Crippen molar-refractivity contribution in [1.29, 1.82) is 0 Å². The van der Waals surface area contributed by atoms with Crippen LogP contribution in [0.1, 0.15) is 252 Å². The molecule has 3 unspecified atom stereocenters. The Hall–Kier alpha value is -3.33. The Morgan fingerprint density at radius 1 is 0.468 bits per heavy atom. The number of likely N-dealkylation sites (N-methyl/N-ethyl adjacent to an activating group) is 1. The minimum Gasteiger partial charge on any atom is -0.756 e. The Morgan fingerprint density at radius 3 is 1.29 bits per heavy atom. The predicted molar refractivity (Wildman–Crippen MR) is 330 cm³/mol. The molecule has 0 saturated carbocycles. The Bertz CT molecular complexity index is 1690. The van der Waals surface area contributed by atoms with Gasteiger partial charge in [-0.1, -0.05) is 233 Å². The number of allylic oxidation sites excluding steroid dienone is 17. The fraction of sp³-hybridized carbons (Fsp3) is 0.701. The van der Waals surface area contributed by atoms with Gasteiger partial charge in [-0.25, -0.2) is 0 Å². The zero-order valence-electron chi connectivity index (χ0n) is 50.4. The van der Waals surface area contributed by atoms with Gasteiger partial charge in [0, 0.05) is 12.8 Å². The second-order valence-electron chi connectivity index (χ2n) is 21.8. The summed E-state index contributed by atoms with van der Waals surface area (Å²) in [6.07, 6.45) is 76.2. The third-order valence-electron chi connectivity index (χ3n) is 13.2. The molecule has 0 aliphatic carbocycles. The molecular weight excluding hydrogens is 976 g/mol. The molecule has 0 aliphatic heterocycles. The molecule has 0 aromatic carbocycles. The molecule has 1 N–H and O–H groups in total. The lowest BCUT2D eigenvalue weighted by Crippen LogP contribution is -2.47. The van der Waals surface area contributed by atoms with Crippen molar-refractivity contribution in [2.75, 3.05) is 40.9 Å². The summed E-state index contributed by atoms with van der Waals surface area (Å²) in [5.41, 5.74) is 0. The molecular formula is C67H117N2O7P. The van der Waals surface area contributed by atoms with Crippen LogP contribution in [0.2, 0.25) is 0 Å². The highest BCUT2D eigenvalue weighted by atomic mass is 31.2. The molecule has 442 valence electrons. The SMILES string of the molecule is CC/C=C\C/C=C\C/C=C\C/C=C\C/C=C\CCCCCC(=O)NC(COP(=O)([O-])OCC[N+](C)(C)C)C(/C=C/CCCCCCCCCCCCC)OC(=O)CCCCCCCC/C=C\C/C=C\C/C=C\CCCCC. The first kappa shape index (κ1) is 73.7. The van der Waals surface area contributed by atoms with Crippen LogP contribution in [0.4, 0.5) is 0 Å². The maximum absolute atomic E-state index is 13.5. The zero-order chi connectivity index (χ0) is 56.4. The number of carbonyl (C=O) groups excluding carboxylic acids is 2. The van der Waals surface area contributed by atoms with Gasteiger partial charge in [0.05, 0.1) is 33.8 Å². The number of phosphoric acid groups is 1. The van der Waals surface area contributed by atoms with Crippen LogP contribution < -0.4 is 10.2 Å². The van der Waals surface area contributed by atoms with Gasteiger partial charge < -0.3 is 28.5 Å². The third kappa shape index (κ3) is 57.2. The lowest BCUT2D eigenvalue weighted by Gasteiger charge is -2.30. The summed E-state index contributed by atoms with van der Waals surface area (Å²) in [5, 5.41) is 3.01. The second-order valence-corrected chi connectivity index (χ2v) is 23.2. The van der Waals surface area contributed by atoms with E-state index in [0.29, 0.717) is 23.9 Å². The van der Waals surface area contributed by atoms with Crippen LogP contribution in [0.15, 0.2) is 109 Å². The van der Waals surface area contributed by atoms with E-state index in [1.54, 1.807) is 0 Å². The minimum absolute atomic E-state index is 0.0369. The van der Waals surface area contributed by atoms with Crippen molar-refractivity contribution in [3.63, 3.8) is 0 Å². The molecule has 10 heteroatoms. The van der Waals surface area contributed by atoms with Crippen molar-refractivity contribution in [1.82, 2.24) is 5.32 Å². The maximum Gasteiger partial charge on any atom is 0.306 e. The second kappa shape index (κ2) is 56.0. The average molecular weight is 1090 g/mol. The highest BCUT2D eigenvalue weighted by molar-refractivity contribution is 7.45. The smallest absolute Gasteiger partial charge is 0.306 e. The van der Waals surface area contributed by atoms with Crippen molar-refractivity contribution >= 4 is 19.7 Å². The Labute approximate surface area is 474 Å².